The van der Waals surface area contributed by atoms with Crippen LogP contribution in [0.1, 0.15) is 56.1 Å². The van der Waals surface area contributed by atoms with Crippen molar-refractivity contribution in [1.29, 1.82) is 0 Å². The summed E-state index contributed by atoms with van der Waals surface area (Å²) in [5, 5.41) is 0. The average Bonchev–Trinajstić information content (AvgIpc) is 3.04. The second-order valence-corrected chi connectivity index (χ2v) is 8.12. The Balaban J connectivity index is 1.51. The molecule has 1 aliphatic heterocycles. The van der Waals surface area contributed by atoms with Crippen LogP contribution in [0, 0.1) is 11.3 Å². The van der Waals surface area contributed by atoms with Crippen molar-refractivity contribution in [3.05, 3.63) is 47.0 Å². The second kappa shape index (κ2) is 4.94. The molecule has 1 saturated heterocycles. The van der Waals surface area contributed by atoms with Gasteiger partial charge < -0.3 is 9.47 Å². The van der Waals surface area contributed by atoms with Gasteiger partial charge in [-0.25, -0.2) is 0 Å². The van der Waals surface area contributed by atoms with Crippen molar-refractivity contribution in [3.63, 3.8) is 0 Å². The van der Waals surface area contributed by atoms with E-state index in [0.29, 0.717) is 11.3 Å². The molecule has 1 saturated carbocycles. The summed E-state index contributed by atoms with van der Waals surface area (Å²) in [4.78, 5) is 0. The Morgan fingerprint density at radius 2 is 1.91 bits per heavy atom. The smallest absolute Gasteiger partial charge is 0.172 e. The van der Waals surface area contributed by atoms with Crippen LogP contribution in [0.2, 0.25) is 0 Å². The fourth-order valence-electron chi connectivity index (χ4n) is 5.84. The highest BCUT2D eigenvalue weighted by atomic mass is 16.7. The quantitative estimate of drug-likeness (QED) is 0.652. The van der Waals surface area contributed by atoms with Crippen molar-refractivity contribution in [2.24, 2.45) is 11.3 Å². The Kier molecular flexibility index (Phi) is 3.06. The van der Waals surface area contributed by atoms with Crippen LogP contribution in [0.3, 0.4) is 0 Å². The molecule has 3 aliphatic carbocycles. The van der Waals surface area contributed by atoms with Crippen LogP contribution in [0.25, 0.3) is 0 Å². The fraction of sp³-hybridized carbons (Fsp3) is 0.619. The summed E-state index contributed by atoms with van der Waals surface area (Å²) in [6.45, 7) is 4.05. The first kappa shape index (κ1) is 14.2. The summed E-state index contributed by atoms with van der Waals surface area (Å²) in [5.74, 6) is 1.22. The van der Waals surface area contributed by atoms with Crippen molar-refractivity contribution in [3.8, 4) is 0 Å². The van der Waals surface area contributed by atoms with E-state index in [1.807, 2.05) is 0 Å². The van der Waals surface area contributed by atoms with Crippen molar-refractivity contribution >= 4 is 0 Å². The minimum Gasteiger partial charge on any atom is -0.347 e. The zero-order valence-electron chi connectivity index (χ0n) is 14.0. The Morgan fingerprint density at radius 3 is 2.78 bits per heavy atom. The highest BCUT2D eigenvalue weighted by Gasteiger charge is 2.53. The molecule has 0 amide bonds. The van der Waals surface area contributed by atoms with E-state index in [4.69, 9.17) is 9.47 Å². The maximum Gasteiger partial charge on any atom is 0.172 e. The molecular formula is C21H26O2. The van der Waals surface area contributed by atoms with Crippen molar-refractivity contribution < 1.29 is 9.47 Å². The topological polar surface area (TPSA) is 18.5 Å². The summed E-state index contributed by atoms with van der Waals surface area (Å²) in [6, 6.07) is 9.13. The van der Waals surface area contributed by atoms with Crippen molar-refractivity contribution in [2.75, 3.05) is 13.2 Å². The molecule has 0 radical (unpaired) electrons. The van der Waals surface area contributed by atoms with E-state index < -0.39 is 0 Å². The predicted octanol–water partition coefficient (Wildman–Crippen LogP) is 4.60. The van der Waals surface area contributed by atoms with E-state index in [-0.39, 0.29) is 5.79 Å². The van der Waals surface area contributed by atoms with Gasteiger partial charge in [0.15, 0.2) is 5.79 Å². The Labute approximate surface area is 138 Å². The molecule has 23 heavy (non-hydrogen) atoms. The third-order valence-electron chi connectivity index (χ3n) is 7.13. The van der Waals surface area contributed by atoms with Crippen LogP contribution in [-0.2, 0) is 15.9 Å². The zero-order valence-corrected chi connectivity index (χ0v) is 14.0. The van der Waals surface area contributed by atoms with Crippen LogP contribution < -0.4 is 0 Å². The first-order chi connectivity index (χ1) is 11.2. The average molecular weight is 310 g/mol. The maximum atomic E-state index is 6.00. The SMILES string of the molecule is C[C@]12CCC3(CC1=CC[C@H]1c4ccccc4CC[C@@H]12)OCCO3. The van der Waals surface area contributed by atoms with Crippen LogP contribution in [0.15, 0.2) is 35.9 Å². The molecule has 1 aromatic rings. The maximum absolute atomic E-state index is 6.00. The molecule has 1 heterocycles. The molecule has 0 N–H and O–H groups in total. The molecular weight excluding hydrogens is 284 g/mol. The van der Waals surface area contributed by atoms with Gasteiger partial charge in [-0.2, -0.15) is 0 Å². The minimum absolute atomic E-state index is 0.287. The van der Waals surface area contributed by atoms with E-state index >= 15 is 0 Å². The summed E-state index contributed by atoms with van der Waals surface area (Å²) >= 11 is 0. The van der Waals surface area contributed by atoms with E-state index in [1.54, 1.807) is 16.7 Å². The molecule has 0 aromatic heterocycles. The highest BCUT2D eigenvalue weighted by molar-refractivity contribution is 5.38. The molecule has 0 unspecified atom stereocenters. The van der Waals surface area contributed by atoms with E-state index in [9.17, 15) is 0 Å². The van der Waals surface area contributed by atoms with Gasteiger partial charge in [-0.3, -0.25) is 0 Å². The lowest BCUT2D eigenvalue weighted by atomic mass is 9.52. The van der Waals surface area contributed by atoms with Gasteiger partial charge in [-0.05, 0) is 54.1 Å². The molecule has 5 rings (SSSR count). The number of ether oxygens (including phenoxy) is 2. The van der Waals surface area contributed by atoms with Gasteiger partial charge in [-0.1, -0.05) is 42.8 Å². The molecule has 3 atom stereocenters. The van der Waals surface area contributed by atoms with Crippen LogP contribution in [-0.4, -0.2) is 19.0 Å². The molecule has 0 bridgehead atoms. The van der Waals surface area contributed by atoms with Gasteiger partial charge in [0.05, 0.1) is 13.2 Å². The first-order valence-electron chi connectivity index (χ1n) is 9.25. The van der Waals surface area contributed by atoms with Gasteiger partial charge in [0.2, 0.25) is 0 Å². The second-order valence-electron chi connectivity index (χ2n) is 8.12. The summed E-state index contributed by atoms with van der Waals surface area (Å²) < 4.78 is 12.0. The Bertz CT molecular complexity index is 656. The normalized spacial score (nSPS) is 37.7. The van der Waals surface area contributed by atoms with Crippen molar-refractivity contribution in [1.82, 2.24) is 0 Å². The summed E-state index contributed by atoms with van der Waals surface area (Å²) in [6.07, 6.45) is 9.59. The number of hydrogen-bond donors (Lipinski definition) is 0. The Morgan fingerprint density at radius 1 is 1.09 bits per heavy atom. The standard InChI is InChI=1S/C21H26O2/c1-20-10-11-21(22-12-13-23-21)14-16(20)7-8-18-17-5-3-2-4-15(17)6-9-19(18)20/h2-5,7,18-19H,6,8-14H2,1H3/t18-,19-,20-/m0/s1. The Hall–Kier alpha value is -1.12. The largest absolute Gasteiger partial charge is 0.347 e. The van der Waals surface area contributed by atoms with Gasteiger partial charge in [-0.15, -0.1) is 0 Å². The lowest BCUT2D eigenvalue weighted by Gasteiger charge is -2.54. The molecule has 4 aliphatic rings. The number of benzene rings is 1. The van der Waals surface area contributed by atoms with E-state index in [1.165, 1.54) is 25.7 Å². The van der Waals surface area contributed by atoms with Crippen LogP contribution in [0.5, 0.6) is 0 Å². The number of hydrogen-bond acceptors (Lipinski definition) is 2. The van der Waals surface area contributed by atoms with Gasteiger partial charge in [0, 0.05) is 12.8 Å². The van der Waals surface area contributed by atoms with Crippen molar-refractivity contribution in [2.45, 2.75) is 57.2 Å². The summed E-state index contributed by atoms with van der Waals surface area (Å²) in [5.41, 5.74) is 5.17. The zero-order chi connectivity index (χ0) is 15.5. The first-order valence-corrected chi connectivity index (χ1v) is 9.25. The fourth-order valence-corrected chi connectivity index (χ4v) is 5.84. The molecule has 2 fully saturated rings. The summed E-state index contributed by atoms with van der Waals surface area (Å²) in [7, 11) is 0. The van der Waals surface area contributed by atoms with Gasteiger partial charge in [0.25, 0.3) is 0 Å². The third kappa shape index (κ3) is 2.01. The molecule has 122 valence electrons. The molecule has 1 spiro atoms. The van der Waals surface area contributed by atoms with Gasteiger partial charge in [0.1, 0.15) is 0 Å². The van der Waals surface area contributed by atoms with E-state index in [2.05, 4.69) is 37.3 Å². The highest BCUT2D eigenvalue weighted by Crippen LogP contribution is 2.60. The monoisotopic (exact) mass is 310 g/mol. The number of rotatable bonds is 0. The molecule has 1 aromatic carbocycles. The number of allylic oxidation sites excluding steroid dienone is 1. The van der Waals surface area contributed by atoms with Gasteiger partial charge >= 0.3 is 0 Å². The van der Waals surface area contributed by atoms with Crippen LogP contribution in [0.4, 0.5) is 0 Å². The molecule has 2 heteroatoms. The third-order valence-corrected chi connectivity index (χ3v) is 7.13. The predicted molar refractivity (Wildman–Crippen MR) is 90.3 cm³/mol. The molecule has 2 nitrogen and oxygen atoms in total. The number of fused-ring (bicyclic) bond motifs is 5. The number of aryl methyl sites for hydroxylation is 1. The lowest BCUT2D eigenvalue weighted by molar-refractivity contribution is -0.181. The van der Waals surface area contributed by atoms with Crippen LogP contribution >= 0.6 is 0 Å². The van der Waals surface area contributed by atoms with E-state index in [0.717, 1.165) is 32.0 Å². The minimum atomic E-state index is -0.287. The lowest BCUT2D eigenvalue weighted by Crippen LogP contribution is -2.47.